The van der Waals surface area contributed by atoms with Crippen molar-refractivity contribution in [1.82, 2.24) is 0 Å². The molecule has 2 aromatic carbocycles. The summed E-state index contributed by atoms with van der Waals surface area (Å²) in [4.78, 5) is 12.4. The van der Waals surface area contributed by atoms with Gasteiger partial charge < -0.3 is 10.1 Å². The van der Waals surface area contributed by atoms with Crippen LogP contribution in [0, 0.1) is 9.49 Å². The maximum Gasteiger partial charge on any atom is 0.256 e. The first kappa shape index (κ1) is 16.7. The molecular formula is C18H17ClINO2. The van der Waals surface area contributed by atoms with Crippen LogP contribution in [0.25, 0.3) is 0 Å². The highest BCUT2D eigenvalue weighted by Gasteiger charge is 2.21. The zero-order chi connectivity index (χ0) is 16.2. The van der Waals surface area contributed by atoms with Gasteiger partial charge in [0.05, 0.1) is 12.2 Å². The first-order valence-electron chi connectivity index (χ1n) is 7.55. The summed E-state index contributed by atoms with van der Waals surface area (Å²) in [6, 6.07) is 13.0. The van der Waals surface area contributed by atoms with Gasteiger partial charge in [-0.1, -0.05) is 23.7 Å². The summed E-state index contributed by atoms with van der Waals surface area (Å²) in [7, 11) is 0. The molecule has 1 aliphatic rings. The van der Waals surface area contributed by atoms with Crippen LogP contribution in [0.3, 0.4) is 0 Å². The Morgan fingerprint density at radius 3 is 2.83 bits per heavy atom. The summed E-state index contributed by atoms with van der Waals surface area (Å²) >= 11 is 8.04. The zero-order valence-corrected chi connectivity index (χ0v) is 15.4. The predicted octanol–water partition coefficient (Wildman–Crippen LogP) is 5.12. The van der Waals surface area contributed by atoms with Crippen LogP contribution < -0.4 is 5.32 Å². The van der Waals surface area contributed by atoms with Gasteiger partial charge in [-0.25, -0.2) is 0 Å². The van der Waals surface area contributed by atoms with Crippen molar-refractivity contribution < 1.29 is 9.53 Å². The van der Waals surface area contributed by atoms with Gasteiger partial charge in [0.1, 0.15) is 0 Å². The number of halogens is 2. The smallest absolute Gasteiger partial charge is 0.256 e. The van der Waals surface area contributed by atoms with E-state index in [9.17, 15) is 4.79 Å². The SMILES string of the molecule is O=C(Nc1cccc(COCC2CC2)c1)c1ccc(Cl)cc1I. The molecule has 2 aromatic rings. The molecule has 0 bridgehead atoms. The van der Waals surface area contributed by atoms with Crippen LogP contribution in [0.1, 0.15) is 28.8 Å². The highest BCUT2D eigenvalue weighted by atomic mass is 127. The Hall–Kier alpha value is -1.11. The van der Waals surface area contributed by atoms with Crippen molar-refractivity contribution in [2.75, 3.05) is 11.9 Å². The minimum absolute atomic E-state index is 0.137. The van der Waals surface area contributed by atoms with Crippen LogP contribution in [-0.4, -0.2) is 12.5 Å². The first-order chi connectivity index (χ1) is 11.1. The van der Waals surface area contributed by atoms with E-state index >= 15 is 0 Å². The average molecular weight is 442 g/mol. The highest BCUT2D eigenvalue weighted by molar-refractivity contribution is 14.1. The summed E-state index contributed by atoms with van der Waals surface area (Å²) in [6.45, 7) is 1.41. The largest absolute Gasteiger partial charge is 0.376 e. The lowest BCUT2D eigenvalue weighted by atomic mass is 10.2. The van der Waals surface area contributed by atoms with Crippen LogP contribution in [0.4, 0.5) is 5.69 Å². The Labute approximate surface area is 154 Å². The van der Waals surface area contributed by atoms with Crippen molar-refractivity contribution in [1.29, 1.82) is 0 Å². The lowest BCUT2D eigenvalue weighted by Crippen LogP contribution is -2.13. The molecule has 1 amide bonds. The Bertz CT molecular complexity index is 716. The van der Waals surface area contributed by atoms with Crippen molar-refractivity contribution in [3.63, 3.8) is 0 Å². The summed E-state index contributed by atoms with van der Waals surface area (Å²) in [6.07, 6.45) is 2.58. The Kier molecular flexibility index (Phi) is 5.56. The Morgan fingerprint density at radius 2 is 2.09 bits per heavy atom. The topological polar surface area (TPSA) is 38.3 Å². The van der Waals surface area contributed by atoms with Crippen molar-refractivity contribution in [2.45, 2.75) is 19.4 Å². The molecule has 3 rings (SSSR count). The van der Waals surface area contributed by atoms with Crippen molar-refractivity contribution in [2.24, 2.45) is 5.92 Å². The van der Waals surface area contributed by atoms with Crippen molar-refractivity contribution >= 4 is 45.8 Å². The molecule has 1 fully saturated rings. The van der Waals surface area contributed by atoms with E-state index in [1.165, 1.54) is 12.8 Å². The van der Waals surface area contributed by atoms with Gasteiger partial charge in [0.25, 0.3) is 5.91 Å². The van der Waals surface area contributed by atoms with E-state index in [1.807, 2.05) is 24.3 Å². The number of carbonyl (C=O) groups is 1. The second-order valence-electron chi connectivity index (χ2n) is 5.74. The number of ether oxygens (including phenoxy) is 1. The molecule has 3 nitrogen and oxygen atoms in total. The molecule has 120 valence electrons. The molecule has 0 radical (unpaired) electrons. The molecule has 1 saturated carbocycles. The van der Waals surface area contributed by atoms with Gasteiger partial charge in [0.15, 0.2) is 0 Å². The lowest BCUT2D eigenvalue weighted by Gasteiger charge is -2.09. The second-order valence-corrected chi connectivity index (χ2v) is 7.34. The van der Waals surface area contributed by atoms with E-state index in [1.54, 1.807) is 18.2 Å². The summed E-state index contributed by atoms with van der Waals surface area (Å²) in [5.74, 6) is 0.618. The number of nitrogens with one attached hydrogen (secondary N) is 1. The fourth-order valence-electron chi connectivity index (χ4n) is 2.24. The minimum Gasteiger partial charge on any atom is -0.376 e. The van der Waals surface area contributed by atoms with Gasteiger partial charge in [-0.2, -0.15) is 0 Å². The van der Waals surface area contributed by atoms with Crippen molar-refractivity contribution in [3.8, 4) is 0 Å². The maximum atomic E-state index is 12.4. The number of benzene rings is 2. The fraction of sp³-hybridized carbons (Fsp3) is 0.278. The van der Waals surface area contributed by atoms with Crippen molar-refractivity contribution in [3.05, 3.63) is 62.2 Å². The van der Waals surface area contributed by atoms with E-state index in [0.29, 0.717) is 17.2 Å². The molecule has 0 aliphatic heterocycles. The molecule has 0 saturated heterocycles. The van der Waals surface area contributed by atoms with Crippen LogP contribution in [-0.2, 0) is 11.3 Å². The van der Waals surface area contributed by atoms with E-state index in [-0.39, 0.29) is 5.91 Å². The molecular weight excluding hydrogens is 425 g/mol. The molecule has 5 heteroatoms. The number of amides is 1. The number of hydrogen-bond acceptors (Lipinski definition) is 2. The lowest BCUT2D eigenvalue weighted by molar-refractivity contribution is 0.102. The third-order valence-corrected chi connectivity index (χ3v) is 4.81. The first-order valence-corrected chi connectivity index (χ1v) is 9.00. The third-order valence-electron chi connectivity index (χ3n) is 3.68. The van der Waals surface area contributed by atoms with Crippen LogP contribution >= 0.6 is 34.2 Å². The van der Waals surface area contributed by atoms with E-state index in [4.69, 9.17) is 16.3 Å². The third kappa shape index (κ3) is 4.93. The molecule has 0 aromatic heterocycles. The quantitative estimate of drug-likeness (QED) is 0.632. The standard InChI is InChI=1S/C18H17ClINO2/c19-14-6-7-16(17(20)9-14)18(22)21-15-3-1-2-13(8-15)11-23-10-12-4-5-12/h1-3,6-9,12H,4-5,10-11H2,(H,21,22). The Balaban J connectivity index is 1.63. The summed E-state index contributed by atoms with van der Waals surface area (Å²) in [5, 5.41) is 3.55. The average Bonchev–Trinajstić information content (AvgIpc) is 3.31. The molecule has 1 N–H and O–H groups in total. The predicted molar refractivity (Wildman–Crippen MR) is 101 cm³/mol. The van der Waals surface area contributed by atoms with Crippen LogP contribution in [0.5, 0.6) is 0 Å². The number of rotatable bonds is 6. The molecule has 0 unspecified atom stereocenters. The molecule has 0 spiro atoms. The van der Waals surface area contributed by atoms with Gasteiger partial charge in [-0.15, -0.1) is 0 Å². The molecule has 0 heterocycles. The second kappa shape index (κ2) is 7.64. The van der Waals surface area contributed by atoms with Gasteiger partial charge >= 0.3 is 0 Å². The highest BCUT2D eigenvalue weighted by Crippen LogP contribution is 2.29. The Morgan fingerprint density at radius 1 is 1.26 bits per heavy atom. The minimum atomic E-state index is -0.137. The normalized spacial score (nSPS) is 13.8. The number of anilines is 1. The maximum absolute atomic E-state index is 12.4. The fourth-order valence-corrected chi connectivity index (χ4v) is 3.36. The van der Waals surface area contributed by atoms with E-state index in [2.05, 4.69) is 27.9 Å². The summed E-state index contributed by atoms with van der Waals surface area (Å²) < 4.78 is 6.52. The van der Waals surface area contributed by atoms with E-state index in [0.717, 1.165) is 27.3 Å². The number of hydrogen-bond donors (Lipinski definition) is 1. The zero-order valence-electron chi connectivity index (χ0n) is 12.5. The van der Waals surface area contributed by atoms with Crippen LogP contribution in [0.2, 0.25) is 5.02 Å². The molecule has 1 aliphatic carbocycles. The van der Waals surface area contributed by atoms with Crippen LogP contribution in [0.15, 0.2) is 42.5 Å². The molecule has 23 heavy (non-hydrogen) atoms. The monoisotopic (exact) mass is 441 g/mol. The van der Waals surface area contributed by atoms with Gasteiger partial charge in [0, 0.05) is 20.9 Å². The molecule has 0 atom stereocenters. The van der Waals surface area contributed by atoms with Gasteiger partial charge in [-0.05, 0) is 77.2 Å². The van der Waals surface area contributed by atoms with Gasteiger partial charge in [-0.3, -0.25) is 4.79 Å². The van der Waals surface area contributed by atoms with E-state index < -0.39 is 0 Å². The summed E-state index contributed by atoms with van der Waals surface area (Å²) in [5.41, 5.74) is 2.45. The van der Waals surface area contributed by atoms with Gasteiger partial charge in [0.2, 0.25) is 0 Å². The number of carbonyl (C=O) groups excluding carboxylic acids is 1.